The molecule has 1 aromatic carbocycles. The Morgan fingerprint density at radius 3 is 2.43 bits per heavy atom. The number of hydrogen-bond donors (Lipinski definition) is 2. The summed E-state index contributed by atoms with van der Waals surface area (Å²) in [5.41, 5.74) is 0.812. The van der Waals surface area contributed by atoms with Crippen molar-refractivity contribution in [3.05, 3.63) is 39.7 Å². The largest absolute Gasteiger partial charge is 0.326 e. The molecule has 0 spiro atoms. The molecule has 0 aliphatic heterocycles. The maximum Gasteiger partial charge on any atom is 0.271 e. The fourth-order valence-corrected chi connectivity index (χ4v) is 4.46. The Kier molecular flexibility index (Phi) is 4.77. The number of thiophene rings is 1. The second-order valence-electron chi connectivity index (χ2n) is 4.05. The number of benzene rings is 1. The topological polar surface area (TPSA) is 75.3 Å². The van der Waals surface area contributed by atoms with Crippen molar-refractivity contribution >= 4 is 61.8 Å². The minimum absolute atomic E-state index is 0.0161. The third kappa shape index (κ3) is 4.10. The number of carbonyl (C=O) groups is 1. The average molecular weight is 365 g/mol. The van der Waals surface area contributed by atoms with Gasteiger partial charge in [-0.3, -0.25) is 9.52 Å². The standard InChI is InChI=1S/C12H10Cl2N2O3S2/c1-7(17)15-8-3-2-4-9(5-8)16-21(18,19)11-6-10(13)12(14)20-11/h2-6,16H,1H3,(H,15,17). The van der Waals surface area contributed by atoms with Crippen LogP contribution in [0.3, 0.4) is 0 Å². The molecule has 0 aliphatic rings. The Morgan fingerprint density at radius 2 is 1.86 bits per heavy atom. The maximum atomic E-state index is 12.2. The van der Waals surface area contributed by atoms with Crippen molar-refractivity contribution in [1.29, 1.82) is 0 Å². The summed E-state index contributed by atoms with van der Waals surface area (Å²) >= 11 is 12.4. The molecule has 21 heavy (non-hydrogen) atoms. The molecule has 2 N–H and O–H groups in total. The van der Waals surface area contributed by atoms with Crippen LogP contribution in [0, 0.1) is 0 Å². The van der Waals surface area contributed by atoms with Crippen LogP contribution in [0.1, 0.15) is 6.92 Å². The number of rotatable bonds is 4. The van der Waals surface area contributed by atoms with E-state index < -0.39 is 10.0 Å². The Balaban J connectivity index is 2.26. The Hall–Kier alpha value is -1.28. The highest BCUT2D eigenvalue weighted by Gasteiger charge is 2.19. The molecule has 2 aromatic rings. The smallest absolute Gasteiger partial charge is 0.271 e. The van der Waals surface area contributed by atoms with E-state index in [-0.39, 0.29) is 19.5 Å². The summed E-state index contributed by atoms with van der Waals surface area (Å²) in [7, 11) is -3.77. The van der Waals surface area contributed by atoms with Gasteiger partial charge in [-0.2, -0.15) is 0 Å². The number of nitrogens with one attached hydrogen (secondary N) is 2. The van der Waals surface area contributed by atoms with E-state index >= 15 is 0 Å². The molecule has 2 rings (SSSR count). The molecule has 0 saturated carbocycles. The molecule has 9 heteroatoms. The summed E-state index contributed by atoms with van der Waals surface area (Å²) < 4.78 is 27.0. The number of halogens is 2. The van der Waals surface area contributed by atoms with Gasteiger partial charge < -0.3 is 5.32 Å². The molecule has 0 aliphatic carbocycles. The molecule has 1 aromatic heterocycles. The van der Waals surface area contributed by atoms with E-state index in [0.717, 1.165) is 11.3 Å². The second kappa shape index (κ2) is 6.23. The molecule has 0 fully saturated rings. The van der Waals surface area contributed by atoms with Crippen LogP contribution in [-0.4, -0.2) is 14.3 Å². The quantitative estimate of drug-likeness (QED) is 0.865. The number of amides is 1. The van der Waals surface area contributed by atoms with Gasteiger partial charge in [0.05, 0.1) is 10.7 Å². The lowest BCUT2D eigenvalue weighted by atomic mass is 10.3. The molecular weight excluding hydrogens is 355 g/mol. The van der Waals surface area contributed by atoms with Gasteiger partial charge in [-0.05, 0) is 24.3 Å². The predicted molar refractivity (Wildman–Crippen MR) is 85.9 cm³/mol. The lowest BCUT2D eigenvalue weighted by Crippen LogP contribution is -2.12. The van der Waals surface area contributed by atoms with E-state index in [0.29, 0.717) is 11.4 Å². The van der Waals surface area contributed by atoms with Crippen LogP contribution in [0.15, 0.2) is 34.5 Å². The molecule has 0 atom stereocenters. The third-order valence-corrected chi connectivity index (χ3v) is 6.04. The van der Waals surface area contributed by atoms with Crippen molar-refractivity contribution in [2.24, 2.45) is 0 Å². The van der Waals surface area contributed by atoms with Crippen molar-refractivity contribution in [3.8, 4) is 0 Å². The lowest BCUT2D eigenvalue weighted by molar-refractivity contribution is -0.114. The fourth-order valence-electron chi connectivity index (χ4n) is 1.53. The van der Waals surface area contributed by atoms with Crippen molar-refractivity contribution in [2.45, 2.75) is 11.1 Å². The first-order valence-corrected chi connectivity index (χ1v) is 8.69. The normalized spacial score (nSPS) is 11.2. The van der Waals surface area contributed by atoms with Crippen molar-refractivity contribution < 1.29 is 13.2 Å². The van der Waals surface area contributed by atoms with Crippen LogP contribution >= 0.6 is 34.5 Å². The van der Waals surface area contributed by atoms with E-state index in [4.69, 9.17) is 23.2 Å². The first-order chi connectivity index (χ1) is 9.78. The summed E-state index contributed by atoms with van der Waals surface area (Å²) in [6.45, 7) is 1.37. The number of carbonyl (C=O) groups excluding carboxylic acids is 1. The van der Waals surface area contributed by atoms with Gasteiger partial charge in [0.25, 0.3) is 10.0 Å². The average Bonchev–Trinajstić information content (AvgIpc) is 2.69. The SMILES string of the molecule is CC(=O)Nc1cccc(NS(=O)(=O)c2cc(Cl)c(Cl)s2)c1. The highest BCUT2D eigenvalue weighted by atomic mass is 35.5. The molecule has 1 heterocycles. The number of sulfonamides is 1. The van der Waals surface area contributed by atoms with Crippen molar-refractivity contribution in [1.82, 2.24) is 0 Å². The third-order valence-electron chi connectivity index (χ3n) is 2.32. The molecule has 0 saturated heterocycles. The minimum atomic E-state index is -3.77. The molecule has 0 bridgehead atoms. The molecule has 0 radical (unpaired) electrons. The Labute approximate surface area is 135 Å². The van der Waals surface area contributed by atoms with Gasteiger partial charge >= 0.3 is 0 Å². The van der Waals surface area contributed by atoms with Gasteiger partial charge in [-0.1, -0.05) is 29.3 Å². The number of hydrogen-bond acceptors (Lipinski definition) is 4. The Bertz CT molecular complexity index is 768. The minimum Gasteiger partial charge on any atom is -0.326 e. The zero-order chi connectivity index (χ0) is 15.6. The molecule has 0 unspecified atom stereocenters. The van der Waals surface area contributed by atoms with Crippen LogP contribution in [0.5, 0.6) is 0 Å². The summed E-state index contributed by atoms with van der Waals surface area (Å²) in [6.07, 6.45) is 0. The molecule has 5 nitrogen and oxygen atoms in total. The van der Waals surface area contributed by atoms with Gasteiger partial charge in [0, 0.05) is 12.6 Å². The van der Waals surface area contributed by atoms with Gasteiger partial charge in [-0.25, -0.2) is 8.42 Å². The zero-order valence-corrected chi connectivity index (χ0v) is 13.8. The first-order valence-electron chi connectivity index (χ1n) is 5.63. The van der Waals surface area contributed by atoms with E-state index in [1.54, 1.807) is 18.2 Å². The maximum absolute atomic E-state index is 12.2. The van der Waals surface area contributed by atoms with Gasteiger partial charge in [-0.15, -0.1) is 11.3 Å². The number of anilines is 2. The monoisotopic (exact) mass is 364 g/mol. The lowest BCUT2D eigenvalue weighted by Gasteiger charge is -2.08. The van der Waals surface area contributed by atoms with E-state index in [2.05, 4.69) is 10.0 Å². The van der Waals surface area contributed by atoms with Crippen LogP contribution in [-0.2, 0) is 14.8 Å². The first kappa shape index (κ1) is 16.1. The molecule has 112 valence electrons. The molecular formula is C12H10Cl2N2O3S2. The summed E-state index contributed by atoms with van der Waals surface area (Å²) in [5, 5.41) is 2.76. The Morgan fingerprint density at radius 1 is 1.19 bits per heavy atom. The highest BCUT2D eigenvalue weighted by Crippen LogP contribution is 2.35. The van der Waals surface area contributed by atoms with Crippen LogP contribution < -0.4 is 10.0 Å². The van der Waals surface area contributed by atoms with Crippen LogP contribution in [0.4, 0.5) is 11.4 Å². The molecule has 1 amide bonds. The van der Waals surface area contributed by atoms with E-state index in [9.17, 15) is 13.2 Å². The zero-order valence-electron chi connectivity index (χ0n) is 10.7. The highest BCUT2D eigenvalue weighted by molar-refractivity contribution is 7.94. The van der Waals surface area contributed by atoms with Gasteiger partial charge in [0.1, 0.15) is 8.55 Å². The second-order valence-corrected chi connectivity index (χ2v) is 8.03. The van der Waals surface area contributed by atoms with E-state index in [1.165, 1.54) is 19.1 Å². The van der Waals surface area contributed by atoms with Gasteiger partial charge in [0.15, 0.2) is 0 Å². The fraction of sp³-hybridized carbons (Fsp3) is 0.0833. The predicted octanol–water partition coefficient (Wildman–Crippen LogP) is 3.81. The summed E-state index contributed by atoms with van der Waals surface area (Å²) in [4.78, 5) is 11.0. The van der Waals surface area contributed by atoms with Crippen molar-refractivity contribution in [3.63, 3.8) is 0 Å². The van der Waals surface area contributed by atoms with Crippen LogP contribution in [0.2, 0.25) is 9.36 Å². The van der Waals surface area contributed by atoms with Crippen LogP contribution in [0.25, 0.3) is 0 Å². The van der Waals surface area contributed by atoms with Gasteiger partial charge in [0.2, 0.25) is 5.91 Å². The summed E-state index contributed by atoms with van der Waals surface area (Å²) in [6, 6.07) is 7.64. The van der Waals surface area contributed by atoms with Crippen molar-refractivity contribution in [2.75, 3.05) is 10.0 Å². The van der Waals surface area contributed by atoms with E-state index in [1.807, 2.05) is 0 Å². The summed E-state index contributed by atoms with van der Waals surface area (Å²) in [5.74, 6) is -0.244.